The molecule has 2 aliphatic rings. The number of aromatic nitrogens is 2. The van der Waals surface area contributed by atoms with Gasteiger partial charge >= 0.3 is 0 Å². The van der Waals surface area contributed by atoms with Crippen LogP contribution < -0.4 is 4.90 Å². The van der Waals surface area contributed by atoms with Crippen LogP contribution in [0.1, 0.15) is 43.2 Å². The summed E-state index contributed by atoms with van der Waals surface area (Å²) >= 11 is 0. The molecule has 0 saturated carbocycles. The van der Waals surface area contributed by atoms with Crippen LogP contribution in [0.2, 0.25) is 0 Å². The monoisotopic (exact) mass is 290 g/mol. The molecule has 2 aliphatic heterocycles. The number of anilines is 1. The van der Waals surface area contributed by atoms with E-state index in [0.717, 1.165) is 43.4 Å². The summed E-state index contributed by atoms with van der Waals surface area (Å²) in [6.07, 6.45) is 4.70. The Morgan fingerprint density at radius 1 is 1.19 bits per heavy atom. The summed E-state index contributed by atoms with van der Waals surface area (Å²) in [6, 6.07) is 3.07. The molecule has 1 aromatic heterocycles. The second-order valence-electron chi connectivity index (χ2n) is 6.36. The Hall–Kier alpha value is -1.20. The van der Waals surface area contributed by atoms with Crippen molar-refractivity contribution in [2.24, 2.45) is 0 Å². The third-order valence-electron chi connectivity index (χ3n) is 4.57. The zero-order valence-corrected chi connectivity index (χ0v) is 13.4. The SMILES string of the molecule is Cc1cc(N(C)C)nc(C2CCCN2C2CCOCC2)n1. The van der Waals surface area contributed by atoms with E-state index < -0.39 is 0 Å². The minimum Gasteiger partial charge on any atom is -0.381 e. The van der Waals surface area contributed by atoms with E-state index in [4.69, 9.17) is 14.7 Å². The van der Waals surface area contributed by atoms with Gasteiger partial charge < -0.3 is 9.64 Å². The first-order valence-electron chi connectivity index (χ1n) is 8.01. The standard InChI is InChI=1S/C16H26N4O/c1-12-11-15(19(2)3)18-16(17-12)14-5-4-8-20(14)13-6-9-21-10-7-13/h11,13-14H,4-10H2,1-3H3. The Labute approximate surface area is 127 Å². The summed E-state index contributed by atoms with van der Waals surface area (Å²) in [4.78, 5) is 14.2. The topological polar surface area (TPSA) is 41.5 Å². The lowest BCUT2D eigenvalue weighted by atomic mass is 10.1. The van der Waals surface area contributed by atoms with Crippen LogP contribution in [-0.4, -0.2) is 54.8 Å². The number of hydrogen-bond acceptors (Lipinski definition) is 5. The number of likely N-dealkylation sites (tertiary alicyclic amines) is 1. The van der Waals surface area contributed by atoms with Gasteiger partial charge in [-0.15, -0.1) is 0 Å². The fourth-order valence-electron chi connectivity index (χ4n) is 3.47. The molecule has 2 saturated heterocycles. The molecule has 3 heterocycles. The molecular weight excluding hydrogens is 264 g/mol. The summed E-state index contributed by atoms with van der Waals surface area (Å²) in [6.45, 7) is 5.02. The summed E-state index contributed by atoms with van der Waals surface area (Å²) < 4.78 is 5.51. The number of nitrogens with zero attached hydrogens (tertiary/aromatic N) is 4. The van der Waals surface area contributed by atoms with Gasteiger partial charge in [-0.1, -0.05) is 0 Å². The summed E-state index contributed by atoms with van der Waals surface area (Å²) in [5, 5.41) is 0. The summed E-state index contributed by atoms with van der Waals surface area (Å²) in [7, 11) is 4.08. The normalized spacial score (nSPS) is 24.4. The average Bonchev–Trinajstić information content (AvgIpc) is 2.97. The molecule has 0 amide bonds. The number of aryl methyl sites for hydroxylation is 1. The fourth-order valence-corrected chi connectivity index (χ4v) is 3.47. The molecule has 0 aliphatic carbocycles. The van der Waals surface area contributed by atoms with Crippen molar-refractivity contribution >= 4 is 5.82 Å². The predicted molar refractivity (Wildman–Crippen MR) is 83.6 cm³/mol. The maximum atomic E-state index is 5.51. The highest BCUT2D eigenvalue weighted by Crippen LogP contribution is 2.35. The molecule has 21 heavy (non-hydrogen) atoms. The molecule has 1 aromatic rings. The lowest BCUT2D eigenvalue weighted by Crippen LogP contribution is -2.39. The van der Waals surface area contributed by atoms with E-state index in [1.54, 1.807) is 0 Å². The van der Waals surface area contributed by atoms with Crippen LogP contribution in [-0.2, 0) is 4.74 Å². The maximum Gasteiger partial charge on any atom is 0.148 e. The second-order valence-corrected chi connectivity index (χ2v) is 6.36. The van der Waals surface area contributed by atoms with Crippen LogP contribution in [0.15, 0.2) is 6.07 Å². The van der Waals surface area contributed by atoms with Crippen molar-refractivity contribution in [1.82, 2.24) is 14.9 Å². The molecule has 3 rings (SSSR count). The van der Waals surface area contributed by atoms with Crippen molar-refractivity contribution in [3.05, 3.63) is 17.6 Å². The number of ether oxygens (including phenoxy) is 1. The minimum atomic E-state index is 0.381. The first-order valence-corrected chi connectivity index (χ1v) is 8.01. The number of rotatable bonds is 3. The Morgan fingerprint density at radius 3 is 2.67 bits per heavy atom. The predicted octanol–water partition coefficient (Wildman–Crippen LogP) is 2.17. The van der Waals surface area contributed by atoms with Crippen LogP contribution in [0.5, 0.6) is 0 Å². The lowest BCUT2D eigenvalue weighted by Gasteiger charge is -2.35. The fraction of sp³-hybridized carbons (Fsp3) is 0.750. The average molecular weight is 290 g/mol. The van der Waals surface area contributed by atoms with E-state index in [9.17, 15) is 0 Å². The van der Waals surface area contributed by atoms with E-state index >= 15 is 0 Å². The Bertz CT molecular complexity index is 485. The van der Waals surface area contributed by atoms with Gasteiger partial charge in [-0.2, -0.15) is 0 Å². The van der Waals surface area contributed by atoms with E-state index in [1.807, 2.05) is 14.1 Å². The van der Waals surface area contributed by atoms with E-state index in [-0.39, 0.29) is 0 Å². The van der Waals surface area contributed by atoms with Gasteiger partial charge in [0, 0.05) is 45.1 Å². The molecule has 1 atom stereocenters. The minimum absolute atomic E-state index is 0.381. The van der Waals surface area contributed by atoms with E-state index in [2.05, 4.69) is 22.8 Å². The molecule has 0 radical (unpaired) electrons. The van der Waals surface area contributed by atoms with Gasteiger partial charge in [-0.05, 0) is 39.2 Å². The molecule has 2 fully saturated rings. The Morgan fingerprint density at radius 2 is 1.95 bits per heavy atom. The lowest BCUT2D eigenvalue weighted by molar-refractivity contribution is 0.0279. The highest BCUT2D eigenvalue weighted by molar-refractivity contribution is 5.38. The largest absolute Gasteiger partial charge is 0.381 e. The van der Waals surface area contributed by atoms with Crippen molar-refractivity contribution in [3.63, 3.8) is 0 Å². The van der Waals surface area contributed by atoms with Crippen LogP contribution in [0.25, 0.3) is 0 Å². The molecule has 5 heteroatoms. The summed E-state index contributed by atoms with van der Waals surface area (Å²) in [5.74, 6) is 2.01. The van der Waals surface area contributed by atoms with Crippen molar-refractivity contribution in [3.8, 4) is 0 Å². The molecule has 5 nitrogen and oxygen atoms in total. The third-order valence-corrected chi connectivity index (χ3v) is 4.57. The summed E-state index contributed by atoms with van der Waals surface area (Å²) in [5.41, 5.74) is 1.06. The molecule has 0 spiro atoms. The third kappa shape index (κ3) is 3.19. The van der Waals surface area contributed by atoms with Gasteiger partial charge in [-0.3, -0.25) is 4.90 Å². The van der Waals surface area contributed by atoms with Crippen molar-refractivity contribution in [2.45, 2.75) is 44.7 Å². The van der Waals surface area contributed by atoms with Crippen molar-refractivity contribution in [2.75, 3.05) is 38.8 Å². The number of hydrogen-bond donors (Lipinski definition) is 0. The van der Waals surface area contributed by atoms with Crippen LogP contribution in [0, 0.1) is 6.92 Å². The van der Waals surface area contributed by atoms with Gasteiger partial charge in [0.1, 0.15) is 11.6 Å². The van der Waals surface area contributed by atoms with Gasteiger partial charge in [0.05, 0.1) is 6.04 Å². The van der Waals surface area contributed by atoms with Crippen molar-refractivity contribution in [1.29, 1.82) is 0 Å². The molecule has 0 aromatic carbocycles. The van der Waals surface area contributed by atoms with Gasteiger partial charge in [0.15, 0.2) is 0 Å². The Kier molecular flexibility index (Phi) is 4.40. The first-order chi connectivity index (χ1) is 10.1. The van der Waals surface area contributed by atoms with Crippen molar-refractivity contribution < 1.29 is 4.74 Å². The van der Waals surface area contributed by atoms with E-state index in [1.165, 1.54) is 19.4 Å². The van der Waals surface area contributed by atoms with Gasteiger partial charge in [0.2, 0.25) is 0 Å². The maximum absolute atomic E-state index is 5.51. The van der Waals surface area contributed by atoms with Gasteiger partial charge in [0.25, 0.3) is 0 Å². The Balaban J connectivity index is 1.84. The molecule has 116 valence electrons. The molecule has 0 bridgehead atoms. The smallest absolute Gasteiger partial charge is 0.148 e. The van der Waals surface area contributed by atoms with Gasteiger partial charge in [-0.25, -0.2) is 9.97 Å². The quantitative estimate of drug-likeness (QED) is 0.853. The van der Waals surface area contributed by atoms with Crippen LogP contribution in [0.3, 0.4) is 0 Å². The molecule has 1 unspecified atom stereocenters. The van der Waals surface area contributed by atoms with Crippen LogP contribution in [0.4, 0.5) is 5.82 Å². The zero-order valence-electron chi connectivity index (χ0n) is 13.4. The zero-order chi connectivity index (χ0) is 14.8. The van der Waals surface area contributed by atoms with E-state index in [0.29, 0.717) is 12.1 Å². The second kappa shape index (κ2) is 6.28. The highest BCUT2D eigenvalue weighted by Gasteiger charge is 2.34. The highest BCUT2D eigenvalue weighted by atomic mass is 16.5. The van der Waals surface area contributed by atoms with Crippen LogP contribution >= 0.6 is 0 Å². The molecule has 0 N–H and O–H groups in total. The first kappa shape index (κ1) is 14.7. The molecular formula is C16H26N4O.